The van der Waals surface area contributed by atoms with Gasteiger partial charge in [0.15, 0.2) is 0 Å². The number of esters is 1. The smallest absolute Gasteiger partial charge is 0.310 e. The van der Waals surface area contributed by atoms with Gasteiger partial charge in [-0.1, -0.05) is 24.3 Å². The van der Waals surface area contributed by atoms with E-state index >= 15 is 0 Å². The first-order valence-electron chi connectivity index (χ1n) is 11.0. The van der Waals surface area contributed by atoms with E-state index in [9.17, 15) is 9.59 Å². The van der Waals surface area contributed by atoms with E-state index in [1.807, 2.05) is 60.4 Å². The molecule has 7 nitrogen and oxygen atoms in total. The summed E-state index contributed by atoms with van der Waals surface area (Å²) in [5.41, 5.74) is 1.90. The minimum absolute atomic E-state index is 0.0915. The summed E-state index contributed by atoms with van der Waals surface area (Å²) in [6.45, 7) is 3.76. The molecule has 1 aliphatic heterocycles. The summed E-state index contributed by atoms with van der Waals surface area (Å²) in [5, 5.41) is 3.16. The molecule has 1 N–H and O–H groups in total. The van der Waals surface area contributed by atoms with E-state index in [0.29, 0.717) is 13.2 Å². The molecule has 32 heavy (non-hydrogen) atoms. The third-order valence-corrected chi connectivity index (χ3v) is 5.70. The van der Waals surface area contributed by atoms with Gasteiger partial charge in [-0.25, -0.2) is 0 Å². The van der Waals surface area contributed by atoms with E-state index in [1.54, 1.807) is 14.2 Å². The van der Waals surface area contributed by atoms with Crippen molar-refractivity contribution >= 4 is 11.9 Å². The molecule has 1 fully saturated rings. The molecule has 1 amide bonds. The van der Waals surface area contributed by atoms with Gasteiger partial charge in [0.2, 0.25) is 5.91 Å². The summed E-state index contributed by atoms with van der Waals surface area (Å²) in [5.74, 6) is 1.08. The fourth-order valence-corrected chi connectivity index (χ4v) is 4.01. The van der Waals surface area contributed by atoms with Gasteiger partial charge in [0, 0.05) is 6.54 Å². The first-order chi connectivity index (χ1) is 15.5. The van der Waals surface area contributed by atoms with Gasteiger partial charge in [-0.2, -0.15) is 0 Å². The number of methoxy groups -OCH3 is 2. The minimum Gasteiger partial charge on any atom is -0.497 e. The third kappa shape index (κ3) is 6.23. The Labute approximate surface area is 189 Å². The number of amides is 1. The lowest BCUT2D eigenvalue weighted by Gasteiger charge is -2.31. The maximum Gasteiger partial charge on any atom is 0.310 e. The lowest BCUT2D eigenvalue weighted by atomic mass is 9.97. The molecule has 172 valence electrons. The molecule has 2 aromatic carbocycles. The number of carbonyl (C=O) groups excluding carboxylic acids is 2. The second-order valence-electron chi connectivity index (χ2n) is 7.87. The zero-order valence-electron chi connectivity index (χ0n) is 19.0. The molecule has 1 atom stereocenters. The highest BCUT2D eigenvalue weighted by Gasteiger charge is 2.28. The Bertz CT molecular complexity index is 835. The molecule has 1 aliphatic rings. The van der Waals surface area contributed by atoms with Gasteiger partial charge < -0.3 is 19.5 Å². The molecule has 1 unspecified atom stereocenters. The monoisotopic (exact) mass is 440 g/mol. The summed E-state index contributed by atoms with van der Waals surface area (Å²) in [4.78, 5) is 27.1. The molecule has 1 saturated heterocycles. The SMILES string of the molecule is CCOC(=O)C1CCCN(CC(=O)NC(c2ccc(OC)cc2)c2ccc(OC)cc2)C1. The van der Waals surface area contributed by atoms with Gasteiger partial charge in [-0.05, 0) is 61.7 Å². The van der Waals surface area contributed by atoms with Crippen LogP contribution in [0.1, 0.15) is 36.9 Å². The second-order valence-corrected chi connectivity index (χ2v) is 7.87. The average Bonchev–Trinajstić information content (AvgIpc) is 2.83. The zero-order chi connectivity index (χ0) is 22.9. The quantitative estimate of drug-likeness (QED) is 0.604. The number of rotatable bonds is 9. The van der Waals surface area contributed by atoms with Crippen LogP contribution in [-0.4, -0.2) is 57.2 Å². The largest absolute Gasteiger partial charge is 0.497 e. The molecule has 0 bridgehead atoms. The fraction of sp³-hybridized carbons (Fsp3) is 0.440. The highest BCUT2D eigenvalue weighted by molar-refractivity contribution is 5.79. The third-order valence-electron chi connectivity index (χ3n) is 5.70. The van der Waals surface area contributed by atoms with Crippen molar-refractivity contribution in [3.8, 4) is 11.5 Å². The van der Waals surface area contributed by atoms with Crippen molar-refractivity contribution in [3.05, 3.63) is 59.7 Å². The van der Waals surface area contributed by atoms with Crippen LogP contribution in [0.4, 0.5) is 0 Å². The highest BCUT2D eigenvalue weighted by Crippen LogP contribution is 2.26. The van der Waals surface area contributed by atoms with E-state index in [1.165, 1.54) is 0 Å². The Morgan fingerprint density at radius 1 is 1.00 bits per heavy atom. The molecule has 0 aromatic heterocycles. The lowest BCUT2D eigenvalue weighted by molar-refractivity contribution is -0.150. The summed E-state index contributed by atoms with van der Waals surface area (Å²) in [6, 6.07) is 15.0. The Kier molecular flexibility index (Phi) is 8.50. The number of nitrogens with one attached hydrogen (secondary N) is 1. The molecule has 2 aromatic rings. The van der Waals surface area contributed by atoms with Crippen LogP contribution in [-0.2, 0) is 14.3 Å². The van der Waals surface area contributed by atoms with Crippen LogP contribution >= 0.6 is 0 Å². The van der Waals surface area contributed by atoms with Crippen LogP contribution in [0.2, 0.25) is 0 Å². The molecule has 0 spiro atoms. The van der Waals surface area contributed by atoms with Crippen molar-refractivity contribution in [1.29, 1.82) is 0 Å². The first kappa shape index (κ1) is 23.6. The van der Waals surface area contributed by atoms with Gasteiger partial charge >= 0.3 is 5.97 Å². The predicted octanol–water partition coefficient (Wildman–Crippen LogP) is 3.18. The normalized spacial score (nSPS) is 16.4. The average molecular weight is 441 g/mol. The van der Waals surface area contributed by atoms with Gasteiger partial charge in [-0.3, -0.25) is 14.5 Å². The molecule has 1 heterocycles. The van der Waals surface area contributed by atoms with Crippen LogP contribution in [0.25, 0.3) is 0 Å². The van der Waals surface area contributed by atoms with Crippen molar-refractivity contribution in [1.82, 2.24) is 10.2 Å². The number of benzene rings is 2. The Balaban J connectivity index is 1.71. The van der Waals surface area contributed by atoms with Crippen LogP contribution in [0.3, 0.4) is 0 Å². The van der Waals surface area contributed by atoms with Gasteiger partial charge in [0.1, 0.15) is 11.5 Å². The molecule has 0 saturated carbocycles. The van der Waals surface area contributed by atoms with E-state index in [4.69, 9.17) is 14.2 Å². The fourth-order valence-electron chi connectivity index (χ4n) is 4.01. The summed E-state index contributed by atoms with van der Waals surface area (Å²) in [6.07, 6.45) is 1.68. The van der Waals surface area contributed by atoms with Gasteiger partial charge in [0.25, 0.3) is 0 Å². The standard InChI is InChI=1S/C25H32N2O5/c1-4-32-25(29)20-6-5-15-27(16-20)17-23(28)26-24(18-7-11-21(30-2)12-8-18)19-9-13-22(31-3)14-10-19/h7-14,20,24H,4-6,15-17H2,1-3H3,(H,26,28). The van der Waals surface area contributed by atoms with Crippen molar-refractivity contribution in [2.24, 2.45) is 5.92 Å². The number of likely N-dealkylation sites (tertiary alicyclic amines) is 1. The minimum atomic E-state index is -0.315. The van der Waals surface area contributed by atoms with E-state index < -0.39 is 0 Å². The molecular formula is C25H32N2O5. The summed E-state index contributed by atoms with van der Waals surface area (Å²) in [7, 11) is 3.25. The van der Waals surface area contributed by atoms with Crippen LogP contribution in [0.5, 0.6) is 11.5 Å². The van der Waals surface area contributed by atoms with Crippen molar-refractivity contribution in [3.63, 3.8) is 0 Å². The van der Waals surface area contributed by atoms with E-state index in [0.717, 1.165) is 42.0 Å². The molecule has 7 heteroatoms. The lowest BCUT2D eigenvalue weighted by Crippen LogP contribution is -2.45. The van der Waals surface area contributed by atoms with Crippen LogP contribution in [0.15, 0.2) is 48.5 Å². The highest BCUT2D eigenvalue weighted by atomic mass is 16.5. The Hall–Kier alpha value is -3.06. The van der Waals surface area contributed by atoms with Gasteiger partial charge in [0.05, 0.1) is 39.3 Å². The number of piperidine rings is 1. The maximum atomic E-state index is 13.0. The van der Waals surface area contributed by atoms with Crippen molar-refractivity contribution in [2.75, 3.05) is 40.5 Å². The number of hydrogen-bond acceptors (Lipinski definition) is 6. The number of hydrogen-bond donors (Lipinski definition) is 1. The number of carbonyl (C=O) groups is 2. The van der Waals surface area contributed by atoms with Crippen molar-refractivity contribution < 1.29 is 23.8 Å². The molecule has 0 aliphatic carbocycles. The van der Waals surface area contributed by atoms with E-state index in [-0.39, 0.29) is 30.4 Å². The van der Waals surface area contributed by atoms with E-state index in [2.05, 4.69) is 5.32 Å². The molecule has 0 radical (unpaired) electrons. The van der Waals surface area contributed by atoms with Crippen LogP contribution in [0, 0.1) is 5.92 Å². The molecule has 3 rings (SSSR count). The Morgan fingerprint density at radius 3 is 2.06 bits per heavy atom. The van der Waals surface area contributed by atoms with Crippen molar-refractivity contribution in [2.45, 2.75) is 25.8 Å². The topological polar surface area (TPSA) is 77.1 Å². The number of ether oxygens (including phenoxy) is 3. The molecular weight excluding hydrogens is 408 g/mol. The predicted molar refractivity (Wildman–Crippen MR) is 122 cm³/mol. The summed E-state index contributed by atoms with van der Waals surface area (Å²) >= 11 is 0. The Morgan fingerprint density at radius 2 is 1.56 bits per heavy atom. The second kappa shape index (κ2) is 11.5. The maximum absolute atomic E-state index is 13.0. The first-order valence-corrected chi connectivity index (χ1v) is 11.0. The van der Waals surface area contributed by atoms with Gasteiger partial charge in [-0.15, -0.1) is 0 Å². The summed E-state index contributed by atoms with van der Waals surface area (Å²) < 4.78 is 15.7. The number of nitrogens with zero attached hydrogens (tertiary/aromatic N) is 1. The van der Waals surface area contributed by atoms with Crippen LogP contribution < -0.4 is 14.8 Å². The zero-order valence-corrected chi connectivity index (χ0v) is 19.0.